The predicted molar refractivity (Wildman–Crippen MR) is 31.4 cm³/mol. The molecule has 0 aliphatic carbocycles. The van der Waals surface area contributed by atoms with Crippen molar-refractivity contribution in [2.45, 2.75) is 22.9 Å². The smallest absolute Gasteiger partial charge is 0.232 e. The molecule has 0 saturated heterocycles. The molecule has 0 radical (unpaired) electrons. The fourth-order valence-corrected chi connectivity index (χ4v) is 0.582. The normalized spacial score (nSPS) is 17.3. The Hall–Kier alpha value is 0.0900. The van der Waals surface area contributed by atoms with E-state index >= 15 is 0 Å². The number of alkyl halides is 9. The summed E-state index contributed by atoms with van der Waals surface area (Å²) in [6.07, 6.45) is -4.56. The molecule has 0 bridgehead atoms. The summed E-state index contributed by atoms with van der Waals surface area (Å²) in [5.41, 5.74) is 0. The van der Waals surface area contributed by atoms with Gasteiger partial charge in [-0.15, -0.1) is 0 Å². The van der Waals surface area contributed by atoms with Crippen molar-refractivity contribution in [3.8, 4) is 0 Å². The van der Waals surface area contributed by atoms with Crippen LogP contribution in [0.1, 0.15) is 0 Å². The first-order valence-corrected chi connectivity index (χ1v) is 3.31. The third-order valence-corrected chi connectivity index (χ3v) is 1.43. The molecule has 0 spiro atoms. The Morgan fingerprint density at radius 3 is 1.23 bits per heavy atom. The molecule has 0 heterocycles. The van der Waals surface area contributed by atoms with Crippen molar-refractivity contribution in [2.75, 3.05) is 0 Å². The average Bonchev–Trinajstić information content (AvgIpc) is 1.81. The third-order valence-electron chi connectivity index (χ3n) is 0.984. The van der Waals surface area contributed by atoms with Crippen molar-refractivity contribution in [3.05, 3.63) is 0 Å². The summed E-state index contributed by atoms with van der Waals surface area (Å²) in [6, 6.07) is 0. The predicted octanol–water partition coefficient (Wildman–Crippen LogP) is 3.62. The number of hydrogen-bond donors (Lipinski definition) is 0. The first kappa shape index (κ1) is 13.1. The van der Waals surface area contributed by atoms with E-state index in [1.807, 2.05) is 0 Å². The molecule has 1 atom stereocenters. The Balaban J connectivity index is 4.86. The quantitative estimate of drug-likeness (QED) is 0.532. The minimum absolute atomic E-state index is 3.71. The van der Waals surface area contributed by atoms with E-state index in [0.29, 0.717) is 0 Å². The minimum Gasteiger partial charge on any atom is -0.232 e. The van der Waals surface area contributed by atoms with Gasteiger partial charge in [0.25, 0.3) is 0 Å². The highest BCUT2D eigenvalue weighted by molar-refractivity contribution is 6.23. The van der Waals surface area contributed by atoms with E-state index in [2.05, 4.69) is 23.2 Å². The van der Waals surface area contributed by atoms with Crippen LogP contribution in [-0.2, 0) is 0 Å². The van der Waals surface area contributed by atoms with Gasteiger partial charge in [-0.1, -0.05) is 0 Å². The van der Waals surface area contributed by atoms with Gasteiger partial charge in [-0.2, -0.15) is 26.3 Å². The second-order valence-corrected chi connectivity index (χ2v) is 3.00. The van der Waals surface area contributed by atoms with E-state index in [9.17, 15) is 30.7 Å². The number of rotatable bonds is 3. The molecule has 0 aliphatic rings. The van der Waals surface area contributed by atoms with Gasteiger partial charge in [-0.3, -0.25) is 0 Å². The van der Waals surface area contributed by atoms with Crippen LogP contribution in [0.2, 0.25) is 0 Å². The fraction of sp³-hybridized carbons (Fsp3) is 1.00. The summed E-state index contributed by atoms with van der Waals surface area (Å²) in [6.45, 7) is 0. The zero-order valence-electron chi connectivity index (χ0n) is 5.48. The molecule has 0 amide bonds. The molecule has 0 aromatic rings. The maximum atomic E-state index is 12.0. The topological polar surface area (TPSA) is 0 Å². The minimum atomic E-state index is -5.74. The second kappa shape index (κ2) is 3.34. The molecule has 0 fully saturated rings. The van der Waals surface area contributed by atoms with Crippen LogP contribution in [0.25, 0.3) is 0 Å². The summed E-state index contributed by atoms with van der Waals surface area (Å²) in [4.78, 5) is 0. The van der Waals surface area contributed by atoms with Gasteiger partial charge in [0.15, 0.2) is 0 Å². The Morgan fingerprint density at radius 2 is 1.15 bits per heavy atom. The maximum absolute atomic E-state index is 12.0. The fourth-order valence-electron chi connectivity index (χ4n) is 0.349. The molecule has 13 heavy (non-hydrogen) atoms. The van der Waals surface area contributed by atoms with E-state index in [0.717, 1.165) is 0 Å². The van der Waals surface area contributed by atoms with Crippen LogP contribution in [0.4, 0.5) is 30.7 Å². The lowest BCUT2D eigenvalue weighted by Gasteiger charge is -2.26. The molecule has 0 N–H and O–H groups in total. The lowest BCUT2D eigenvalue weighted by atomic mass is 10.2. The third kappa shape index (κ3) is 2.77. The summed E-state index contributed by atoms with van der Waals surface area (Å²) in [7, 11) is 0. The highest BCUT2D eigenvalue weighted by atomic mass is 35.5. The van der Waals surface area contributed by atoms with Gasteiger partial charge in [0.05, 0.1) is 0 Å². The summed E-state index contributed by atoms with van der Waals surface area (Å²) < 4.78 is 82.6. The lowest BCUT2D eigenvalue weighted by molar-refractivity contribution is -0.227. The molecular weight excluding hydrogens is 252 g/mol. The lowest BCUT2D eigenvalue weighted by Crippen LogP contribution is -2.50. The molecule has 9 heteroatoms. The van der Waals surface area contributed by atoms with Gasteiger partial charge >= 0.3 is 16.7 Å². The van der Waals surface area contributed by atoms with Gasteiger partial charge in [0.2, 0.25) is 6.17 Å². The molecule has 0 rings (SSSR count). The average molecular weight is 253 g/mol. The maximum Gasteiger partial charge on any atom is 0.387 e. The van der Waals surface area contributed by atoms with Crippen LogP contribution >= 0.6 is 23.2 Å². The van der Waals surface area contributed by atoms with E-state index in [-0.39, 0.29) is 0 Å². The Kier molecular flexibility index (Phi) is 3.37. The molecule has 0 aromatic heterocycles. The number of hydrogen-bond acceptors (Lipinski definition) is 0. The van der Waals surface area contributed by atoms with Crippen molar-refractivity contribution in [3.63, 3.8) is 0 Å². The van der Waals surface area contributed by atoms with Gasteiger partial charge in [-0.25, -0.2) is 4.39 Å². The summed E-state index contributed by atoms with van der Waals surface area (Å²) in [5.74, 6) is -5.74. The van der Waals surface area contributed by atoms with Crippen LogP contribution in [0.3, 0.4) is 0 Å². The van der Waals surface area contributed by atoms with Gasteiger partial charge in [0, 0.05) is 0 Å². The molecule has 0 nitrogen and oxygen atoms in total. The monoisotopic (exact) mass is 252 g/mol. The van der Waals surface area contributed by atoms with E-state index in [1.165, 1.54) is 0 Å². The van der Waals surface area contributed by atoms with Crippen LogP contribution in [0.15, 0.2) is 0 Å². The Bertz CT molecular complexity index is 180. The Labute approximate surface area is 77.6 Å². The van der Waals surface area contributed by atoms with E-state index in [4.69, 9.17) is 0 Å². The first-order valence-electron chi connectivity index (χ1n) is 2.56. The van der Waals surface area contributed by atoms with Gasteiger partial charge < -0.3 is 0 Å². The SMILES string of the molecule is FC(C(F)(F)Cl)C(F)(F)C(F)(F)Cl. The molecule has 0 saturated carbocycles. The summed E-state index contributed by atoms with van der Waals surface area (Å²) >= 11 is 7.50. The van der Waals surface area contributed by atoms with Gasteiger partial charge in [-0.05, 0) is 23.2 Å². The standard InChI is InChI=1S/C4HCl2F7/c5-3(10,11)1(7)2(8,9)4(6,12)13/h1H. The Morgan fingerprint density at radius 1 is 0.846 bits per heavy atom. The second-order valence-electron chi connectivity index (χ2n) is 2.02. The van der Waals surface area contributed by atoms with Gasteiger partial charge in [0.1, 0.15) is 0 Å². The first-order chi connectivity index (χ1) is 5.40. The number of halogens is 9. The zero-order chi connectivity index (χ0) is 11.1. The van der Waals surface area contributed by atoms with Crippen LogP contribution in [-0.4, -0.2) is 22.9 Å². The van der Waals surface area contributed by atoms with Crippen LogP contribution in [0.5, 0.6) is 0 Å². The van der Waals surface area contributed by atoms with Crippen molar-refractivity contribution in [1.29, 1.82) is 0 Å². The van der Waals surface area contributed by atoms with Crippen LogP contribution in [0, 0.1) is 0 Å². The van der Waals surface area contributed by atoms with Crippen molar-refractivity contribution >= 4 is 23.2 Å². The van der Waals surface area contributed by atoms with Crippen LogP contribution < -0.4 is 0 Å². The highest BCUT2D eigenvalue weighted by Gasteiger charge is 2.68. The molecule has 0 aromatic carbocycles. The molecule has 1 unspecified atom stereocenters. The van der Waals surface area contributed by atoms with E-state index < -0.39 is 22.9 Å². The van der Waals surface area contributed by atoms with Crippen molar-refractivity contribution in [1.82, 2.24) is 0 Å². The largest absolute Gasteiger partial charge is 0.387 e. The molecule has 0 aliphatic heterocycles. The zero-order valence-corrected chi connectivity index (χ0v) is 6.99. The highest BCUT2D eigenvalue weighted by Crippen LogP contribution is 2.47. The molecule has 80 valence electrons. The van der Waals surface area contributed by atoms with Crippen molar-refractivity contribution in [2.24, 2.45) is 0 Å². The van der Waals surface area contributed by atoms with Crippen molar-refractivity contribution < 1.29 is 30.7 Å². The van der Waals surface area contributed by atoms with E-state index in [1.54, 1.807) is 0 Å². The molecular formula is C4HCl2F7. The summed E-state index contributed by atoms with van der Waals surface area (Å²) in [5, 5.41) is -10.5.